The molecule has 4 heterocycles. The van der Waals surface area contributed by atoms with E-state index in [4.69, 9.17) is 14.8 Å². The van der Waals surface area contributed by atoms with Crippen molar-refractivity contribution in [1.82, 2.24) is 19.5 Å². The van der Waals surface area contributed by atoms with Gasteiger partial charge < -0.3 is 9.64 Å². The van der Waals surface area contributed by atoms with Gasteiger partial charge in [-0.3, -0.25) is 4.90 Å². The lowest BCUT2D eigenvalue weighted by Crippen LogP contribution is -2.45. The second kappa shape index (κ2) is 6.57. The summed E-state index contributed by atoms with van der Waals surface area (Å²) in [5.41, 5.74) is 2.18. The minimum absolute atomic E-state index is 0.487. The first-order valence-electron chi connectivity index (χ1n) is 9.80. The maximum absolute atomic E-state index is 5.45. The molecule has 3 fully saturated rings. The van der Waals surface area contributed by atoms with Crippen LogP contribution in [0.5, 0.6) is 0 Å². The molecule has 134 valence electrons. The van der Waals surface area contributed by atoms with E-state index in [0.29, 0.717) is 5.92 Å². The molecule has 25 heavy (non-hydrogen) atoms. The Labute approximate surface area is 148 Å². The number of fused-ring (bicyclic) bond motifs is 1. The van der Waals surface area contributed by atoms with Crippen molar-refractivity contribution in [3.05, 3.63) is 24.2 Å². The maximum Gasteiger partial charge on any atom is 0.156 e. The molecule has 1 saturated carbocycles. The van der Waals surface area contributed by atoms with Gasteiger partial charge in [-0.2, -0.15) is 5.10 Å². The normalized spacial score (nSPS) is 26.1. The summed E-state index contributed by atoms with van der Waals surface area (Å²) in [7, 11) is 0. The number of rotatable bonds is 3. The second-order valence-electron chi connectivity index (χ2n) is 7.68. The molecule has 0 bridgehead atoms. The van der Waals surface area contributed by atoms with Crippen LogP contribution in [-0.4, -0.2) is 64.9 Å². The van der Waals surface area contributed by atoms with Gasteiger partial charge in [-0.05, 0) is 44.4 Å². The summed E-state index contributed by atoms with van der Waals surface area (Å²) in [6, 6.07) is 5.10. The SMILES string of the molecule is c1cc2nc([C@@H]3CCCN(C4CCC4)C3)nn2cc1N1CCOCC1. The van der Waals surface area contributed by atoms with Gasteiger partial charge in [0.25, 0.3) is 0 Å². The van der Waals surface area contributed by atoms with E-state index >= 15 is 0 Å². The van der Waals surface area contributed by atoms with Crippen LogP contribution in [0.2, 0.25) is 0 Å². The van der Waals surface area contributed by atoms with Crippen LogP contribution in [-0.2, 0) is 4.74 Å². The average Bonchev–Trinajstić information content (AvgIpc) is 3.04. The summed E-state index contributed by atoms with van der Waals surface area (Å²) in [4.78, 5) is 9.89. The molecule has 0 aromatic carbocycles. The van der Waals surface area contributed by atoms with Gasteiger partial charge in [0.05, 0.1) is 25.1 Å². The molecule has 5 rings (SSSR count). The van der Waals surface area contributed by atoms with Crippen molar-refractivity contribution in [3.63, 3.8) is 0 Å². The summed E-state index contributed by atoms with van der Waals surface area (Å²) in [6.45, 7) is 5.91. The third-order valence-electron chi connectivity index (χ3n) is 6.12. The predicted octanol–water partition coefficient (Wildman–Crippen LogP) is 2.30. The summed E-state index contributed by atoms with van der Waals surface area (Å²) < 4.78 is 7.43. The fraction of sp³-hybridized carbons (Fsp3) is 0.684. The molecule has 6 nitrogen and oxygen atoms in total. The Bertz CT molecular complexity index is 734. The zero-order valence-electron chi connectivity index (χ0n) is 14.8. The van der Waals surface area contributed by atoms with E-state index in [2.05, 4.69) is 28.1 Å². The lowest BCUT2D eigenvalue weighted by molar-refractivity contribution is 0.0929. The molecule has 2 aromatic rings. The van der Waals surface area contributed by atoms with Crippen LogP contribution in [0.1, 0.15) is 43.8 Å². The molecule has 0 radical (unpaired) electrons. The number of anilines is 1. The van der Waals surface area contributed by atoms with Crippen LogP contribution in [0.25, 0.3) is 5.65 Å². The van der Waals surface area contributed by atoms with Gasteiger partial charge in [-0.1, -0.05) is 6.42 Å². The standard InChI is InChI=1S/C19H27N5O/c1-4-16(5-1)23-8-2-3-15(13-23)19-20-18-7-6-17(14-24(18)21-19)22-9-11-25-12-10-22/h6-7,14-16H,1-5,8-13H2/t15-/m1/s1. The van der Waals surface area contributed by atoms with Crippen LogP contribution in [0.4, 0.5) is 5.69 Å². The van der Waals surface area contributed by atoms with E-state index in [1.54, 1.807) is 0 Å². The highest BCUT2D eigenvalue weighted by Crippen LogP contribution is 2.32. The van der Waals surface area contributed by atoms with E-state index in [-0.39, 0.29) is 0 Å². The van der Waals surface area contributed by atoms with Crippen molar-refractivity contribution in [2.75, 3.05) is 44.3 Å². The Kier molecular flexibility index (Phi) is 4.10. The highest BCUT2D eigenvalue weighted by Gasteiger charge is 2.31. The van der Waals surface area contributed by atoms with Crippen LogP contribution in [0.3, 0.4) is 0 Å². The molecule has 0 N–H and O–H groups in total. The first-order valence-corrected chi connectivity index (χ1v) is 9.80. The number of ether oxygens (including phenoxy) is 1. The maximum atomic E-state index is 5.45. The topological polar surface area (TPSA) is 45.9 Å². The highest BCUT2D eigenvalue weighted by atomic mass is 16.5. The molecular formula is C19H27N5O. The van der Waals surface area contributed by atoms with Gasteiger partial charge >= 0.3 is 0 Å². The molecule has 2 saturated heterocycles. The third kappa shape index (κ3) is 3.02. The number of likely N-dealkylation sites (tertiary alicyclic amines) is 1. The minimum Gasteiger partial charge on any atom is -0.378 e. The van der Waals surface area contributed by atoms with Crippen LogP contribution in [0, 0.1) is 0 Å². The van der Waals surface area contributed by atoms with Gasteiger partial charge in [0.1, 0.15) is 0 Å². The van der Waals surface area contributed by atoms with Crippen LogP contribution in [0.15, 0.2) is 18.3 Å². The van der Waals surface area contributed by atoms with Gasteiger partial charge in [-0.15, -0.1) is 0 Å². The second-order valence-corrected chi connectivity index (χ2v) is 7.68. The molecule has 6 heteroatoms. The zero-order valence-corrected chi connectivity index (χ0v) is 14.8. The van der Waals surface area contributed by atoms with Crippen molar-refractivity contribution in [1.29, 1.82) is 0 Å². The van der Waals surface area contributed by atoms with E-state index in [1.807, 2.05) is 4.52 Å². The monoisotopic (exact) mass is 341 g/mol. The predicted molar refractivity (Wildman–Crippen MR) is 97.2 cm³/mol. The van der Waals surface area contributed by atoms with Crippen molar-refractivity contribution in [3.8, 4) is 0 Å². The molecule has 0 amide bonds. The Morgan fingerprint density at radius 1 is 1.00 bits per heavy atom. The van der Waals surface area contributed by atoms with Gasteiger partial charge in [0.2, 0.25) is 0 Å². The number of nitrogens with zero attached hydrogens (tertiary/aromatic N) is 5. The Hall–Kier alpha value is -1.66. The number of pyridine rings is 1. The number of hydrogen-bond donors (Lipinski definition) is 0. The summed E-state index contributed by atoms with van der Waals surface area (Å²) in [6.07, 6.45) is 8.79. The fourth-order valence-electron chi connectivity index (χ4n) is 4.37. The van der Waals surface area contributed by atoms with Crippen molar-refractivity contribution >= 4 is 11.3 Å². The first-order chi connectivity index (χ1) is 12.4. The third-order valence-corrected chi connectivity index (χ3v) is 6.12. The number of aromatic nitrogens is 3. The molecule has 0 unspecified atom stereocenters. The molecular weight excluding hydrogens is 314 g/mol. The summed E-state index contributed by atoms with van der Waals surface area (Å²) in [5, 5.41) is 4.85. The van der Waals surface area contributed by atoms with Crippen molar-refractivity contribution in [2.45, 2.75) is 44.1 Å². The molecule has 3 aliphatic rings. The Morgan fingerprint density at radius 2 is 1.88 bits per heavy atom. The lowest BCUT2D eigenvalue weighted by atomic mass is 9.87. The van der Waals surface area contributed by atoms with Gasteiger partial charge in [-0.25, -0.2) is 9.50 Å². The highest BCUT2D eigenvalue weighted by molar-refractivity contribution is 5.51. The number of hydrogen-bond acceptors (Lipinski definition) is 5. The smallest absolute Gasteiger partial charge is 0.156 e. The largest absolute Gasteiger partial charge is 0.378 e. The summed E-state index contributed by atoms with van der Waals surface area (Å²) >= 11 is 0. The molecule has 2 aromatic heterocycles. The Morgan fingerprint density at radius 3 is 2.68 bits per heavy atom. The first kappa shape index (κ1) is 15.6. The summed E-state index contributed by atoms with van der Waals surface area (Å²) in [5.74, 6) is 1.52. The van der Waals surface area contributed by atoms with Crippen molar-refractivity contribution in [2.24, 2.45) is 0 Å². The van der Waals surface area contributed by atoms with Gasteiger partial charge in [0, 0.05) is 31.6 Å². The van der Waals surface area contributed by atoms with E-state index < -0.39 is 0 Å². The van der Waals surface area contributed by atoms with Gasteiger partial charge in [0.15, 0.2) is 11.5 Å². The van der Waals surface area contributed by atoms with E-state index in [1.165, 1.54) is 44.3 Å². The number of piperidine rings is 1. The van der Waals surface area contributed by atoms with Crippen LogP contribution >= 0.6 is 0 Å². The van der Waals surface area contributed by atoms with E-state index in [0.717, 1.165) is 50.4 Å². The molecule has 2 aliphatic heterocycles. The van der Waals surface area contributed by atoms with Crippen LogP contribution < -0.4 is 4.90 Å². The fourth-order valence-corrected chi connectivity index (χ4v) is 4.37. The zero-order chi connectivity index (χ0) is 16.6. The molecule has 0 spiro atoms. The Balaban J connectivity index is 1.36. The quantitative estimate of drug-likeness (QED) is 0.857. The lowest BCUT2D eigenvalue weighted by Gasteiger charge is -2.41. The van der Waals surface area contributed by atoms with E-state index in [9.17, 15) is 0 Å². The molecule has 1 aliphatic carbocycles. The van der Waals surface area contributed by atoms with Crippen molar-refractivity contribution < 1.29 is 4.74 Å². The molecule has 1 atom stereocenters. The number of morpholine rings is 1. The average molecular weight is 341 g/mol. The minimum atomic E-state index is 0.487.